The third-order valence-corrected chi connectivity index (χ3v) is 5.77. The van der Waals surface area contributed by atoms with Gasteiger partial charge < -0.3 is 25.2 Å². The zero-order valence-corrected chi connectivity index (χ0v) is 16.1. The van der Waals surface area contributed by atoms with E-state index in [1.54, 1.807) is 12.1 Å². The molecular formula is C18H24ClN3O5. The van der Waals surface area contributed by atoms with Crippen molar-refractivity contribution >= 4 is 29.3 Å². The summed E-state index contributed by atoms with van der Waals surface area (Å²) in [7, 11) is 0. The Labute approximate surface area is 162 Å². The van der Waals surface area contributed by atoms with Crippen LogP contribution in [0.15, 0.2) is 12.1 Å². The molecular weight excluding hydrogens is 374 g/mol. The van der Waals surface area contributed by atoms with E-state index >= 15 is 0 Å². The van der Waals surface area contributed by atoms with Gasteiger partial charge in [0.15, 0.2) is 5.69 Å². The largest absolute Gasteiger partial charge is 0.476 e. The van der Waals surface area contributed by atoms with Crippen molar-refractivity contribution in [3.8, 4) is 0 Å². The Bertz CT molecular complexity index is 751. The summed E-state index contributed by atoms with van der Waals surface area (Å²) in [6.07, 6.45) is 1.12. The molecule has 8 nitrogen and oxygen atoms in total. The van der Waals surface area contributed by atoms with Gasteiger partial charge >= 0.3 is 5.97 Å². The highest BCUT2D eigenvalue weighted by Crippen LogP contribution is 2.40. The van der Waals surface area contributed by atoms with Gasteiger partial charge in [0.05, 0.1) is 22.8 Å². The summed E-state index contributed by atoms with van der Waals surface area (Å²) >= 11 is 5.89. The zero-order chi connectivity index (χ0) is 19.8. The van der Waals surface area contributed by atoms with Crippen LogP contribution in [0, 0.1) is 0 Å². The van der Waals surface area contributed by atoms with Crippen molar-refractivity contribution < 1.29 is 24.5 Å². The summed E-state index contributed by atoms with van der Waals surface area (Å²) in [5, 5.41) is 22.5. The molecule has 2 aliphatic rings. The van der Waals surface area contributed by atoms with Crippen LogP contribution in [0.5, 0.6) is 0 Å². The molecule has 3 N–H and O–H groups in total. The normalized spacial score (nSPS) is 27.4. The van der Waals surface area contributed by atoms with Gasteiger partial charge in [-0.25, -0.2) is 9.78 Å². The number of carboxylic acids is 1. The first kappa shape index (κ1) is 19.9. The van der Waals surface area contributed by atoms with Crippen molar-refractivity contribution in [2.24, 2.45) is 0 Å². The molecule has 1 aromatic rings. The number of rotatable bonds is 3. The van der Waals surface area contributed by atoms with E-state index < -0.39 is 23.2 Å². The number of hydrogen-bond donors (Lipinski definition) is 3. The van der Waals surface area contributed by atoms with Crippen LogP contribution < -0.4 is 10.2 Å². The van der Waals surface area contributed by atoms with E-state index in [0.717, 1.165) is 0 Å². The number of carboxylic acid groups (broad SMARTS) is 1. The Morgan fingerprint density at radius 2 is 2.04 bits per heavy atom. The maximum atomic E-state index is 11.5. The molecule has 27 heavy (non-hydrogen) atoms. The number of carbonyl (C=O) groups is 2. The van der Waals surface area contributed by atoms with E-state index in [1.807, 2.05) is 11.8 Å². The first-order valence-electron chi connectivity index (χ1n) is 8.90. The summed E-state index contributed by atoms with van der Waals surface area (Å²) < 4.78 is 6.00. The molecule has 2 fully saturated rings. The van der Waals surface area contributed by atoms with E-state index in [4.69, 9.17) is 16.3 Å². The molecule has 3 rings (SSSR count). The number of nitrogens with one attached hydrogen (secondary N) is 1. The van der Waals surface area contributed by atoms with E-state index in [1.165, 1.54) is 6.92 Å². The van der Waals surface area contributed by atoms with Crippen LogP contribution in [0.25, 0.3) is 0 Å². The lowest BCUT2D eigenvalue weighted by atomic mass is 9.74. The number of amides is 1. The van der Waals surface area contributed by atoms with E-state index in [9.17, 15) is 19.8 Å². The molecule has 2 atom stereocenters. The number of aliphatic hydroxyl groups excluding tert-OH is 1. The highest BCUT2D eigenvalue weighted by Gasteiger charge is 2.50. The van der Waals surface area contributed by atoms with Gasteiger partial charge in [-0.2, -0.15) is 0 Å². The van der Waals surface area contributed by atoms with Gasteiger partial charge in [0.2, 0.25) is 5.91 Å². The lowest BCUT2D eigenvalue weighted by Gasteiger charge is -2.52. The molecule has 3 heterocycles. The highest BCUT2D eigenvalue weighted by molar-refractivity contribution is 6.33. The topological polar surface area (TPSA) is 112 Å². The summed E-state index contributed by atoms with van der Waals surface area (Å²) in [6.45, 7) is 4.70. The number of nitrogens with zero attached hydrogens (tertiary/aromatic N) is 2. The third kappa shape index (κ3) is 4.02. The van der Waals surface area contributed by atoms with Crippen molar-refractivity contribution in [2.45, 2.75) is 50.4 Å². The Morgan fingerprint density at radius 1 is 1.37 bits per heavy atom. The number of carbonyl (C=O) groups excluding carboxylic acids is 1. The van der Waals surface area contributed by atoms with Crippen molar-refractivity contribution in [1.82, 2.24) is 10.3 Å². The molecule has 0 aromatic carbocycles. The predicted molar refractivity (Wildman–Crippen MR) is 99.2 cm³/mol. The van der Waals surface area contributed by atoms with Gasteiger partial charge in [-0.1, -0.05) is 11.6 Å². The number of ether oxygens (including phenoxy) is 1. The van der Waals surface area contributed by atoms with Crippen molar-refractivity contribution in [1.29, 1.82) is 0 Å². The molecule has 0 radical (unpaired) electrons. The molecule has 148 valence electrons. The summed E-state index contributed by atoms with van der Waals surface area (Å²) in [4.78, 5) is 29.0. The quantitative estimate of drug-likeness (QED) is 0.707. The number of piperidine rings is 1. The molecule has 0 aliphatic carbocycles. The fourth-order valence-corrected chi connectivity index (χ4v) is 4.22. The van der Waals surface area contributed by atoms with Crippen LogP contribution in [0.3, 0.4) is 0 Å². The highest BCUT2D eigenvalue weighted by atomic mass is 35.5. The number of aliphatic hydroxyl groups is 1. The van der Waals surface area contributed by atoms with Crippen LogP contribution in [0.2, 0.25) is 5.02 Å². The second-order valence-electron chi connectivity index (χ2n) is 7.58. The number of hydrogen-bond acceptors (Lipinski definition) is 6. The number of anilines is 1. The maximum Gasteiger partial charge on any atom is 0.356 e. The van der Waals surface area contributed by atoms with E-state index in [0.29, 0.717) is 38.2 Å². The molecule has 2 saturated heterocycles. The Hall–Kier alpha value is -1.90. The fraction of sp³-hybridized carbons (Fsp3) is 0.611. The van der Waals surface area contributed by atoms with Gasteiger partial charge in [0.1, 0.15) is 11.9 Å². The first-order chi connectivity index (χ1) is 12.6. The zero-order valence-electron chi connectivity index (χ0n) is 15.4. The SMILES string of the molecule is CC(=O)N[C@]1(C)CC2(CCN(c3ccc(Cl)c(C(=O)O)n3)CC2)OC[C@H]1O. The fourth-order valence-electron chi connectivity index (χ4n) is 4.03. The monoisotopic (exact) mass is 397 g/mol. The molecule has 1 aromatic heterocycles. The minimum atomic E-state index is -1.16. The van der Waals surface area contributed by atoms with E-state index in [2.05, 4.69) is 10.3 Å². The summed E-state index contributed by atoms with van der Waals surface area (Å²) in [6, 6.07) is 3.25. The van der Waals surface area contributed by atoms with Crippen LogP contribution in [-0.4, -0.2) is 64.0 Å². The second kappa shape index (κ2) is 7.26. The lowest BCUT2D eigenvalue weighted by Crippen LogP contribution is -2.65. The summed E-state index contributed by atoms with van der Waals surface area (Å²) in [5.74, 6) is -0.782. The minimum Gasteiger partial charge on any atom is -0.476 e. The average Bonchev–Trinajstić information content (AvgIpc) is 2.59. The number of halogens is 1. The lowest BCUT2D eigenvalue weighted by molar-refractivity contribution is -0.172. The van der Waals surface area contributed by atoms with Gasteiger partial charge in [-0.05, 0) is 31.9 Å². The van der Waals surface area contributed by atoms with Crippen molar-refractivity contribution in [3.63, 3.8) is 0 Å². The van der Waals surface area contributed by atoms with Gasteiger partial charge in [-0.3, -0.25) is 4.79 Å². The molecule has 2 aliphatic heterocycles. The van der Waals surface area contributed by atoms with Gasteiger partial charge in [0.25, 0.3) is 0 Å². The first-order valence-corrected chi connectivity index (χ1v) is 9.27. The molecule has 0 unspecified atom stereocenters. The standard InChI is InChI=1S/C18H24ClN3O5/c1-11(23)21-17(2)10-18(27-9-13(17)24)5-7-22(8-6-18)14-4-3-12(19)15(20-14)16(25)26/h3-4,13,24H,5-10H2,1-2H3,(H,21,23)(H,25,26)/t13-,17-/m1/s1. The van der Waals surface area contributed by atoms with Crippen LogP contribution in [0.1, 0.15) is 43.6 Å². The Balaban J connectivity index is 1.72. The molecule has 1 amide bonds. The number of pyridine rings is 1. The van der Waals surface area contributed by atoms with Crippen molar-refractivity contribution in [3.05, 3.63) is 22.8 Å². The third-order valence-electron chi connectivity index (χ3n) is 5.47. The maximum absolute atomic E-state index is 11.5. The molecule has 0 saturated carbocycles. The number of aromatic nitrogens is 1. The van der Waals surface area contributed by atoms with Crippen LogP contribution in [0.4, 0.5) is 5.82 Å². The Morgan fingerprint density at radius 3 is 2.63 bits per heavy atom. The molecule has 1 spiro atoms. The smallest absolute Gasteiger partial charge is 0.356 e. The van der Waals surface area contributed by atoms with Gasteiger partial charge in [0, 0.05) is 26.4 Å². The second-order valence-corrected chi connectivity index (χ2v) is 7.98. The average molecular weight is 398 g/mol. The number of aromatic carboxylic acids is 1. The predicted octanol–water partition coefficient (Wildman–Crippen LogP) is 1.45. The minimum absolute atomic E-state index is 0.107. The van der Waals surface area contributed by atoms with Crippen LogP contribution >= 0.6 is 11.6 Å². The van der Waals surface area contributed by atoms with Crippen LogP contribution in [-0.2, 0) is 9.53 Å². The van der Waals surface area contributed by atoms with E-state index in [-0.39, 0.29) is 23.2 Å². The molecule has 0 bridgehead atoms. The van der Waals surface area contributed by atoms with Crippen molar-refractivity contribution in [2.75, 3.05) is 24.6 Å². The summed E-state index contributed by atoms with van der Waals surface area (Å²) in [5.41, 5.74) is -1.33. The van der Waals surface area contributed by atoms with Gasteiger partial charge in [-0.15, -0.1) is 0 Å². The Kier molecular flexibility index (Phi) is 5.33. The molecule has 9 heteroatoms.